The van der Waals surface area contributed by atoms with Gasteiger partial charge < -0.3 is 9.84 Å². The first-order chi connectivity index (χ1) is 6.83. The molecule has 0 unspecified atom stereocenters. The molecule has 1 saturated heterocycles. The van der Waals surface area contributed by atoms with Crippen LogP contribution in [0, 0.1) is 0 Å². The lowest BCUT2D eigenvalue weighted by Crippen LogP contribution is -2.41. The number of hydrogen-bond acceptors (Lipinski definition) is 4. The SMILES string of the molecule is CC(C)(C)OC(=O)N1CC(=O)C[C@@H]1CO. The number of hydrogen-bond donors (Lipinski definition) is 1. The summed E-state index contributed by atoms with van der Waals surface area (Å²) in [5.74, 6) is -0.0418. The van der Waals surface area contributed by atoms with Gasteiger partial charge in [0.2, 0.25) is 0 Å². The summed E-state index contributed by atoms with van der Waals surface area (Å²) < 4.78 is 5.13. The largest absolute Gasteiger partial charge is 0.444 e. The van der Waals surface area contributed by atoms with Crippen LogP contribution in [0.1, 0.15) is 27.2 Å². The first-order valence-corrected chi connectivity index (χ1v) is 4.95. The van der Waals surface area contributed by atoms with Gasteiger partial charge in [0.05, 0.1) is 19.2 Å². The van der Waals surface area contributed by atoms with Crippen LogP contribution in [0.2, 0.25) is 0 Å². The summed E-state index contributed by atoms with van der Waals surface area (Å²) in [6.07, 6.45) is -0.317. The number of carbonyl (C=O) groups is 2. The standard InChI is InChI=1S/C10H17NO4/c1-10(2,3)15-9(14)11-5-8(13)4-7(11)6-12/h7,12H,4-6H2,1-3H3/t7-/m1/s1. The Morgan fingerprint density at radius 1 is 1.60 bits per heavy atom. The Balaban J connectivity index is 2.63. The second-order valence-corrected chi connectivity index (χ2v) is 4.69. The fraction of sp³-hybridized carbons (Fsp3) is 0.800. The third-order valence-electron chi connectivity index (χ3n) is 2.09. The number of aliphatic hydroxyl groups excluding tert-OH is 1. The Labute approximate surface area is 89.0 Å². The molecule has 1 atom stereocenters. The van der Waals surface area contributed by atoms with E-state index < -0.39 is 17.7 Å². The summed E-state index contributed by atoms with van der Waals surface area (Å²) in [4.78, 5) is 24.0. The molecule has 0 aromatic carbocycles. The van der Waals surface area contributed by atoms with Crippen LogP contribution < -0.4 is 0 Å². The van der Waals surface area contributed by atoms with Crippen molar-refractivity contribution in [1.82, 2.24) is 4.90 Å². The lowest BCUT2D eigenvalue weighted by molar-refractivity contribution is -0.117. The first-order valence-electron chi connectivity index (χ1n) is 4.95. The molecule has 0 aromatic rings. The molecule has 1 N–H and O–H groups in total. The number of rotatable bonds is 1. The van der Waals surface area contributed by atoms with Crippen molar-refractivity contribution < 1.29 is 19.4 Å². The summed E-state index contributed by atoms with van der Waals surface area (Å²) in [7, 11) is 0. The van der Waals surface area contributed by atoms with Gasteiger partial charge in [-0.1, -0.05) is 0 Å². The van der Waals surface area contributed by atoms with Crippen molar-refractivity contribution in [3.05, 3.63) is 0 Å². The van der Waals surface area contributed by atoms with E-state index in [9.17, 15) is 9.59 Å². The van der Waals surface area contributed by atoms with Crippen LogP contribution in [0.15, 0.2) is 0 Å². The summed E-state index contributed by atoms with van der Waals surface area (Å²) in [5.41, 5.74) is -0.581. The van der Waals surface area contributed by atoms with Crippen molar-refractivity contribution in [2.45, 2.75) is 38.8 Å². The smallest absolute Gasteiger partial charge is 0.411 e. The highest BCUT2D eigenvalue weighted by Gasteiger charge is 2.35. The molecule has 0 saturated carbocycles. The number of nitrogens with zero attached hydrogens (tertiary/aromatic N) is 1. The maximum Gasteiger partial charge on any atom is 0.411 e. The Morgan fingerprint density at radius 3 is 2.67 bits per heavy atom. The van der Waals surface area contributed by atoms with Crippen LogP contribution in [0.4, 0.5) is 4.79 Å². The predicted octanol–water partition coefficient (Wildman–Crippen LogP) is 0.557. The highest BCUT2D eigenvalue weighted by atomic mass is 16.6. The summed E-state index contributed by atoms with van der Waals surface area (Å²) in [6, 6.07) is -0.424. The Morgan fingerprint density at radius 2 is 2.20 bits per heavy atom. The van der Waals surface area contributed by atoms with Gasteiger partial charge in [-0.3, -0.25) is 9.69 Å². The minimum absolute atomic E-state index is 0.0418. The van der Waals surface area contributed by atoms with E-state index in [1.165, 1.54) is 4.90 Å². The molecular weight excluding hydrogens is 198 g/mol. The molecule has 0 radical (unpaired) electrons. The highest BCUT2D eigenvalue weighted by molar-refractivity contribution is 5.88. The molecule has 1 aliphatic rings. The minimum Gasteiger partial charge on any atom is -0.444 e. The number of aliphatic hydroxyl groups is 1. The average molecular weight is 215 g/mol. The van der Waals surface area contributed by atoms with Gasteiger partial charge in [-0.25, -0.2) is 4.79 Å². The van der Waals surface area contributed by atoms with Gasteiger partial charge in [0, 0.05) is 6.42 Å². The number of ether oxygens (including phenoxy) is 1. The fourth-order valence-electron chi connectivity index (χ4n) is 1.45. The van der Waals surface area contributed by atoms with Crippen molar-refractivity contribution in [2.24, 2.45) is 0 Å². The van der Waals surface area contributed by atoms with Gasteiger partial charge in [-0.05, 0) is 20.8 Å². The van der Waals surface area contributed by atoms with Crippen LogP contribution in [0.3, 0.4) is 0 Å². The molecule has 0 aromatic heterocycles. The molecule has 1 heterocycles. The molecule has 0 bridgehead atoms. The van der Waals surface area contributed by atoms with E-state index in [1.807, 2.05) is 0 Å². The van der Waals surface area contributed by atoms with Gasteiger partial charge in [0.1, 0.15) is 5.60 Å². The third-order valence-corrected chi connectivity index (χ3v) is 2.09. The minimum atomic E-state index is -0.581. The zero-order valence-electron chi connectivity index (χ0n) is 9.32. The molecule has 1 amide bonds. The van der Waals surface area contributed by atoms with E-state index in [0.717, 1.165) is 0 Å². The first kappa shape index (κ1) is 12.0. The highest BCUT2D eigenvalue weighted by Crippen LogP contribution is 2.18. The van der Waals surface area contributed by atoms with Crippen molar-refractivity contribution >= 4 is 11.9 Å². The molecule has 0 spiro atoms. The molecular formula is C10H17NO4. The number of amides is 1. The van der Waals surface area contributed by atoms with Gasteiger partial charge in [-0.15, -0.1) is 0 Å². The van der Waals surface area contributed by atoms with Gasteiger partial charge >= 0.3 is 6.09 Å². The molecule has 1 aliphatic heterocycles. The number of carbonyl (C=O) groups excluding carboxylic acids is 2. The topological polar surface area (TPSA) is 66.8 Å². The number of ketones is 1. The van der Waals surface area contributed by atoms with Crippen molar-refractivity contribution in [1.29, 1.82) is 0 Å². The van der Waals surface area contributed by atoms with E-state index in [1.54, 1.807) is 20.8 Å². The van der Waals surface area contributed by atoms with Crippen molar-refractivity contribution in [3.8, 4) is 0 Å². The van der Waals surface area contributed by atoms with E-state index in [4.69, 9.17) is 9.84 Å². The Hall–Kier alpha value is -1.10. The lowest BCUT2D eigenvalue weighted by atomic mass is 10.2. The lowest BCUT2D eigenvalue weighted by Gasteiger charge is -2.27. The number of likely N-dealkylation sites (tertiary alicyclic amines) is 1. The van der Waals surface area contributed by atoms with Gasteiger partial charge in [0.15, 0.2) is 5.78 Å². The van der Waals surface area contributed by atoms with E-state index >= 15 is 0 Å². The maximum absolute atomic E-state index is 11.6. The third kappa shape index (κ3) is 3.20. The Kier molecular flexibility index (Phi) is 3.34. The zero-order chi connectivity index (χ0) is 11.6. The van der Waals surface area contributed by atoms with Crippen molar-refractivity contribution in [3.63, 3.8) is 0 Å². The normalized spacial score (nSPS) is 22.0. The van der Waals surface area contributed by atoms with Crippen LogP contribution in [-0.2, 0) is 9.53 Å². The number of Topliss-reactive ketones (excluding diaryl/α,β-unsaturated/α-hetero) is 1. The van der Waals surface area contributed by atoms with Crippen LogP contribution >= 0.6 is 0 Å². The van der Waals surface area contributed by atoms with Gasteiger partial charge in [0.25, 0.3) is 0 Å². The fourth-order valence-corrected chi connectivity index (χ4v) is 1.45. The second kappa shape index (κ2) is 4.18. The second-order valence-electron chi connectivity index (χ2n) is 4.69. The van der Waals surface area contributed by atoms with Gasteiger partial charge in [-0.2, -0.15) is 0 Å². The van der Waals surface area contributed by atoms with E-state index in [-0.39, 0.29) is 25.4 Å². The molecule has 86 valence electrons. The van der Waals surface area contributed by atoms with Crippen LogP contribution in [0.25, 0.3) is 0 Å². The van der Waals surface area contributed by atoms with Crippen LogP contribution in [-0.4, -0.2) is 46.7 Å². The summed E-state index contributed by atoms with van der Waals surface area (Å²) in [5, 5.41) is 9.00. The van der Waals surface area contributed by atoms with E-state index in [2.05, 4.69) is 0 Å². The molecule has 0 aliphatic carbocycles. The quantitative estimate of drug-likeness (QED) is 0.694. The Bertz CT molecular complexity index is 269. The van der Waals surface area contributed by atoms with Crippen molar-refractivity contribution in [2.75, 3.05) is 13.2 Å². The summed E-state index contributed by atoms with van der Waals surface area (Å²) in [6.45, 7) is 5.12. The molecule has 1 rings (SSSR count). The summed E-state index contributed by atoms with van der Waals surface area (Å²) >= 11 is 0. The molecule has 15 heavy (non-hydrogen) atoms. The predicted molar refractivity (Wildman–Crippen MR) is 53.4 cm³/mol. The zero-order valence-corrected chi connectivity index (χ0v) is 9.32. The van der Waals surface area contributed by atoms with E-state index in [0.29, 0.717) is 0 Å². The monoisotopic (exact) mass is 215 g/mol. The average Bonchev–Trinajstić information content (AvgIpc) is 2.43. The maximum atomic E-state index is 11.6. The van der Waals surface area contributed by atoms with Crippen LogP contribution in [0.5, 0.6) is 0 Å². The molecule has 1 fully saturated rings. The molecule has 5 nitrogen and oxygen atoms in total. The molecule has 5 heteroatoms.